The van der Waals surface area contributed by atoms with Crippen molar-refractivity contribution in [1.82, 2.24) is 0 Å². The second-order valence-corrected chi connectivity index (χ2v) is 20.0. The molecule has 0 saturated heterocycles. The van der Waals surface area contributed by atoms with Crippen LogP contribution < -0.4 is 0 Å². The predicted octanol–water partition coefficient (Wildman–Crippen LogP) is 4.67. The van der Waals surface area contributed by atoms with Crippen molar-refractivity contribution in [1.29, 1.82) is 0 Å². The van der Waals surface area contributed by atoms with Crippen LogP contribution in [0.4, 0.5) is 0 Å². The molecule has 0 aromatic heterocycles. The third-order valence-corrected chi connectivity index (χ3v) is 12.7. The molecule has 10 heteroatoms. The molecule has 0 fully saturated rings. The summed E-state index contributed by atoms with van der Waals surface area (Å²) in [5, 5.41) is 0. The minimum atomic E-state index is -1.87. The van der Waals surface area contributed by atoms with Gasteiger partial charge in [-0.15, -0.1) is 24.5 Å². The Kier molecular flexibility index (Phi) is 17.6. The molecule has 0 N–H and O–H groups in total. The van der Waals surface area contributed by atoms with Gasteiger partial charge in [-0.25, -0.2) is 0 Å². The largest absolute Gasteiger partial charge is 0.397 e. The molecule has 0 aromatic rings. The molecule has 0 aliphatic rings. The van der Waals surface area contributed by atoms with E-state index in [4.69, 9.17) is 29.5 Å². The first-order chi connectivity index (χ1) is 11.9. The Morgan fingerprint density at radius 2 is 1.08 bits per heavy atom. The topological polar surface area (TPSA) is 36.9 Å². The van der Waals surface area contributed by atoms with E-state index in [2.05, 4.69) is 24.5 Å². The quantitative estimate of drug-likeness (QED) is 0.186. The molecule has 0 radical (unpaired) electrons. The molecule has 0 unspecified atom stereocenters. The fraction of sp³-hybridized carbons (Fsp3) is 1.00. The van der Waals surface area contributed by atoms with E-state index < -0.39 is 23.0 Å². The summed E-state index contributed by atoms with van der Waals surface area (Å²) >= 11 is 14.9. The monoisotopic (exact) mass is 464 g/mol. The van der Waals surface area contributed by atoms with E-state index in [-0.39, 0.29) is 0 Å². The van der Waals surface area contributed by atoms with E-state index in [9.17, 15) is 0 Å². The Morgan fingerprint density at radius 1 is 0.760 bits per heavy atom. The van der Waals surface area contributed by atoms with Crippen LogP contribution in [0.5, 0.6) is 0 Å². The fourth-order valence-corrected chi connectivity index (χ4v) is 9.23. The molecule has 0 atom stereocenters. The summed E-state index contributed by atoms with van der Waals surface area (Å²) in [5.41, 5.74) is 0.393. The molecule has 0 aliphatic heterocycles. The van der Waals surface area contributed by atoms with Crippen LogP contribution >= 0.6 is 28.9 Å². The van der Waals surface area contributed by atoms with Crippen LogP contribution in [-0.2, 0) is 29.5 Å². The van der Waals surface area contributed by atoms with Crippen molar-refractivity contribution < 1.29 is 17.7 Å². The Hall–Kier alpha value is 1.62. The van der Waals surface area contributed by atoms with Gasteiger partial charge in [-0.3, -0.25) is 0 Å². The van der Waals surface area contributed by atoms with Gasteiger partial charge in [0.1, 0.15) is 0 Å². The zero-order valence-electron chi connectivity index (χ0n) is 16.2. The minimum absolute atomic E-state index is 0.393. The third kappa shape index (κ3) is 14.3. The van der Waals surface area contributed by atoms with Crippen molar-refractivity contribution >= 4 is 59.3 Å². The first-order valence-corrected chi connectivity index (χ1v) is 18.1. The van der Waals surface area contributed by atoms with Crippen molar-refractivity contribution in [2.75, 3.05) is 26.4 Å². The highest BCUT2D eigenvalue weighted by molar-refractivity contribution is 8.92. The molecule has 0 bridgehead atoms. The summed E-state index contributed by atoms with van der Waals surface area (Å²) < 4.78 is 21.1. The van der Waals surface area contributed by atoms with Crippen LogP contribution in [0.3, 0.4) is 0 Å². The highest BCUT2D eigenvalue weighted by atomic mass is 33.2. The second kappa shape index (κ2) is 16.6. The van der Waals surface area contributed by atoms with E-state index in [1.54, 1.807) is 0 Å². The summed E-state index contributed by atoms with van der Waals surface area (Å²) in [6.07, 6.45) is 4.28. The number of hydrogen-bond donors (Lipinski definition) is 2. The second-order valence-electron chi connectivity index (χ2n) is 5.79. The standard InChI is InChI=1S/C15H37O4PS3Si2/c1-5-16-24(17-6-2)13-9-11-15(20(21,22)23)12-10-14-25(18-7-3)19-8-4/h15,24-25H,5-14H2,1-4H3,(H2,21,22,23). The first-order valence-electron chi connectivity index (χ1n) is 9.40. The number of hydrogen-bond acceptors (Lipinski definition) is 5. The van der Waals surface area contributed by atoms with Gasteiger partial charge in [0, 0.05) is 32.1 Å². The SMILES string of the molecule is CCO[SiH](CCCC(CCC[SiH](OCC)OCC)P(=S)(S)S)OCC. The van der Waals surface area contributed by atoms with Gasteiger partial charge in [0.05, 0.1) is 4.44 Å². The average Bonchev–Trinajstić information content (AvgIpc) is 2.53. The lowest BCUT2D eigenvalue weighted by molar-refractivity contribution is 0.212. The van der Waals surface area contributed by atoms with Crippen LogP contribution in [0.2, 0.25) is 12.1 Å². The van der Waals surface area contributed by atoms with E-state index in [1.807, 2.05) is 27.7 Å². The molecule has 152 valence electrons. The van der Waals surface area contributed by atoms with Crippen LogP contribution in [0, 0.1) is 0 Å². The van der Waals surface area contributed by atoms with Gasteiger partial charge in [-0.1, -0.05) is 24.6 Å². The molecule has 0 aliphatic carbocycles. The molecule has 4 nitrogen and oxygen atoms in total. The lowest BCUT2D eigenvalue weighted by atomic mass is 10.1. The normalized spacial score (nSPS) is 12.7. The highest BCUT2D eigenvalue weighted by Gasteiger charge is 2.23. The molecule has 0 aromatic carbocycles. The van der Waals surface area contributed by atoms with Gasteiger partial charge < -0.3 is 17.7 Å². The third-order valence-electron chi connectivity index (χ3n) is 3.84. The lowest BCUT2D eigenvalue weighted by Gasteiger charge is -2.24. The fourth-order valence-electron chi connectivity index (χ4n) is 2.69. The Balaban J connectivity index is 4.35. The van der Waals surface area contributed by atoms with Crippen LogP contribution in [0.1, 0.15) is 53.4 Å². The van der Waals surface area contributed by atoms with E-state index >= 15 is 0 Å². The average molecular weight is 465 g/mol. The number of thiol groups is 2. The summed E-state index contributed by atoms with van der Waals surface area (Å²) in [6.45, 7) is 11.0. The van der Waals surface area contributed by atoms with Gasteiger partial charge in [0.2, 0.25) is 0 Å². The zero-order chi connectivity index (χ0) is 19.1. The smallest absolute Gasteiger partial charge is 0.321 e. The minimum Gasteiger partial charge on any atom is -0.397 e. The van der Waals surface area contributed by atoms with Crippen molar-refractivity contribution in [2.24, 2.45) is 0 Å². The van der Waals surface area contributed by atoms with Crippen molar-refractivity contribution in [3.05, 3.63) is 0 Å². The van der Waals surface area contributed by atoms with Gasteiger partial charge in [0.15, 0.2) is 0 Å². The van der Waals surface area contributed by atoms with Crippen molar-refractivity contribution in [3.8, 4) is 0 Å². The maximum Gasteiger partial charge on any atom is 0.321 e. The van der Waals surface area contributed by atoms with Crippen LogP contribution in [0.15, 0.2) is 0 Å². The predicted molar refractivity (Wildman–Crippen MR) is 125 cm³/mol. The molecule has 0 amide bonds. The van der Waals surface area contributed by atoms with E-state index in [0.29, 0.717) is 5.66 Å². The van der Waals surface area contributed by atoms with Crippen molar-refractivity contribution in [3.63, 3.8) is 0 Å². The molecule has 0 heterocycles. The molecular weight excluding hydrogens is 428 g/mol. The molecule has 25 heavy (non-hydrogen) atoms. The van der Waals surface area contributed by atoms with Gasteiger partial charge in [-0.05, 0) is 52.6 Å². The van der Waals surface area contributed by atoms with E-state index in [0.717, 1.165) is 64.2 Å². The van der Waals surface area contributed by atoms with Crippen LogP contribution in [0.25, 0.3) is 0 Å². The Labute approximate surface area is 174 Å². The molecular formula is C15H37O4PS3Si2. The Morgan fingerprint density at radius 3 is 1.32 bits per heavy atom. The maximum atomic E-state index is 5.75. The zero-order valence-corrected chi connectivity index (χ0v) is 22.0. The van der Waals surface area contributed by atoms with Crippen molar-refractivity contribution in [2.45, 2.75) is 71.1 Å². The van der Waals surface area contributed by atoms with Crippen LogP contribution in [-0.4, -0.2) is 50.7 Å². The lowest BCUT2D eigenvalue weighted by Crippen LogP contribution is -2.24. The Bertz CT molecular complexity index is 330. The summed E-state index contributed by atoms with van der Waals surface area (Å²) in [7, 11) is -3.03. The van der Waals surface area contributed by atoms with Gasteiger partial charge >= 0.3 is 18.6 Å². The maximum absolute atomic E-state index is 5.75. The summed E-state index contributed by atoms with van der Waals surface area (Å²) in [5.74, 6) is 0. The molecule has 0 spiro atoms. The molecule has 0 saturated carbocycles. The summed E-state index contributed by atoms with van der Waals surface area (Å²) in [4.78, 5) is 0. The molecule has 0 rings (SSSR count). The summed E-state index contributed by atoms with van der Waals surface area (Å²) in [6, 6.07) is 2.06. The van der Waals surface area contributed by atoms with E-state index in [1.165, 1.54) is 0 Å². The highest BCUT2D eigenvalue weighted by Crippen LogP contribution is 2.62. The van der Waals surface area contributed by atoms with Gasteiger partial charge in [0.25, 0.3) is 0 Å². The number of rotatable bonds is 17. The van der Waals surface area contributed by atoms with Gasteiger partial charge in [-0.2, -0.15) is 0 Å². The first kappa shape index (κ1) is 26.6.